The van der Waals surface area contributed by atoms with Crippen LogP contribution in [0, 0.1) is 18.8 Å². The first-order valence-electron chi connectivity index (χ1n) is 6.21. The fourth-order valence-corrected chi connectivity index (χ4v) is 2.75. The van der Waals surface area contributed by atoms with Crippen molar-refractivity contribution >= 4 is 10.0 Å². The zero-order chi connectivity index (χ0) is 15.2. The highest BCUT2D eigenvalue weighted by Crippen LogP contribution is 2.16. The zero-order valence-electron chi connectivity index (χ0n) is 12.0. The number of hydrogen-bond donors (Lipinski definition) is 2. The third kappa shape index (κ3) is 4.94. The van der Waals surface area contributed by atoms with E-state index in [1.807, 2.05) is 25.9 Å². The summed E-state index contributed by atoms with van der Waals surface area (Å²) in [5, 5.41) is 8.75. The lowest BCUT2D eigenvalue weighted by molar-refractivity contribution is 0.350. The van der Waals surface area contributed by atoms with Gasteiger partial charge in [0.2, 0.25) is 10.0 Å². The van der Waals surface area contributed by atoms with E-state index in [1.54, 1.807) is 12.1 Å². The second-order valence-corrected chi connectivity index (χ2v) is 6.40. The Labute approximate surface area is 120 Å². The molecule has 1 aromatic rings. The van der Waals surface area contributed by atoms with Gasteiger partial charge in [0, 0.05) is 18.7 Å². The maximum absolute atomic E-state index is 12.2. The van der Waals surface area contributed by atoms with Crippen molar-refractivity contribution in [1.82, 2.24) is 9.62 Å². The molecule has 5 nitrogen and oxygen atoms in total. The maximum atomic E-state index is 12.2. The van der Waals surface area contributed by atoms with Gasteiger partial charge in [0.1, 0.15) is 6.61 Å². The molecule has 1 aromatic carbocycles. The molecule has 0 spiro atoms. The first-order chi connectivity index (χ1) is 9.36. The Morgan fingerprint density at radius 3 is 2.65 bits per heavy atom. The van der Waals surface area contributed by atoms with E-state index in [0.29, 0.717) is 18.7 Å². The molecule has 0 unspecified atom stereocenters. The van der Waals surface area contributed by atoms with Crippen LogP contribution in [0.5, 0.6) is 0 Å². The standard InChI is InChI=1S/C14H20N2O3S/c1-12-6-7-14(13(11-12)5-4-10-17)20(18,19)15-8-9-16(2)3/h6-7,11,15,17H,8-10H2,1-3H3. The van der Waals surface area contributed by atoms with Gasteiger partial charge < -0.3 is 10.0 Å². The Bertz CT molecular complexity index is 613. The van der Waals surface area contributed by atoms with Gasteiger partial charge in [-0.25, -0.2) is 13.1 Å². The molecular weight excluding hydrogens is 276 g/mol. The van der Waals surface area contributed by atoms with Crippen molar-refractivity contribution in [2.75, 3.05) is 33.8 Å². The highest BCUT2D eigenvalue weighted by Gasteiger charge is 2.17. The Balaban J connectivity index is 3.05. The molecule has 110 valence electrons. The van der Waals surface area contributed by atoms with Gasteiger partial charge in [-0.05, 0) is 38.7 Å². The van der Waals surface area contributed by atoms with Crippen LogP contribution in [0.3, 0.4) is 0 Å². The molecule has 0 aromatic heterocycles. The third-order valence-corrected chi connectivity index (χ3v) is 4.10. The average Bonchev–Trinajstić information content (AvgIpc) is 2.35. The summed E-state index contributed by atoms with van der Waals surface area (Å²) in [6.45, 7) is 2.50. The zero-order valence-corrected chi connectivity index (χ0v) is 12.8. The molecule has 6 heteroatoms. The molecule has 0 aliphatic rings. The molecule has 0 amide bonds. The second-order valence-electron chi connectivity index (χ2n) is 4.66. The summed E-state index contributed by atoms with van der Waals surface area (Å²) in [4.78, 5) is 2.03. The van der Waals surface area contributed by atoms with Crippen LogP contribution in [0.2, 0.25) is 0 Å². The van der Waals surface area contributed by atoms with Crippen molar-refractivity contribution in [3.05, 3.63) is 29.3 Å². The molecule has 0 heterocycles. The predicted molar refractivity (Wildman–Crippen MR) is 78.9 cm³/mol. The second kappa shape index (κ2) is 7.41. The lowest BCUT2D eigenvalue weighted by Crippen LogP contribution is -2.31. The molecule has 0 saturated carbocycles. The van der Waals surface area contributed by atoms with Gasteiger partial charge in [-0.15, -0.1) is 0 Å². The van der Waals surface area contributed by atoms with E-state index >= 15 is 0 Å². The summed E-state index contributed by atoms with van der Waals surface area (Å²) >= 11 is 0. The number of aliphatic hydroxyl groups excluding tert-OH is 1. The predicted octanol–water partition coefficient (Wildman–Crippen LogP) is 0.179. The summed E-state index contributed by atoms with van der Waals surface area (Å²) in [6, 6.07) is 4.96. The van der Waals surface area contributed by atoms with Gasteiger partial charge in [-0.1, -0.05) is 17.9 Å². The number of likely N-dealkylation sites (N-methyl/N-ethyl adjacent to an activating group) is 1. The smallest absolute Gasteiger partial charge is 0.241 e. The minimum atomic E-state index is -3.59. The maximum Gasteiger partial charge on any atom is 0.241 e. The van der Waals surface area contributed by atoms with Crippen LogP contribution in [-0.4, -0.2) is 52.2 Å². The van der Waals surface area contributed by atoms with Gasteiger partial charge >= 0.3 is 0 Å². The number of nitrogens with zero attached hydrogens (tertiary/aromatic N) is 1. The van der Waals surface area contributed by atoms with Gasteiger partial charge in [0.15, 0.2) is 0 Å². The minimum Gasteiger partial charge on any atom is -0.384 e. The number of aryl methyl sites for hydroxylation is 1. The van der Waals surface area contributed by atoms with Crippen LogP contribution in [0.1, 0.15) is 11.1 Å². The topological polar surface area (TPSA) is 69.6 Å². The Morgan fingerprint density at radius 2 is 2.05 bits per heavy atom. The van der Waals surface area contributed by atoms with Crippen molar-refractivity contribution in [3.63, 3.8) is 0 Å². The number of aliphatic hydroxyl groups is 1. The lowest BCUT2D eigenvalue weighted by atomic mass is 10.1. The first-order valence-corrected chi connectivity index (χ1v) is 7.70. The Morgan fingerprint density at radius 1 is 1.35 bits per heavy atom. The van der Waals surface area contributed by atoms with Crippen LogP contribution in [-0.2, 0) is 10.0 Å². The summed E-state index contributed by atoms with van der Waals surface area (Å²) in [7, 11) is 0.152. The SMILES string of the molecule is Cc1ccc(S(=O)(=O)NCCN(C)C)c(C#CCO)c1. The van der Waals surface area contributed by atoms with Crippen LogP contribution < -0.4 is 4.72 Å². The highest BCUT2D eigenvalue weighted by molar-refractivity contribution is 7.89. The van der Waals surface area contributed by atoms with E-state index < -0.39 is 10.0 Å². The molecule has 0 atom stereocenters. The molecule has 1 rings (SSSR count). The van der Waals surface area contributed by atoms with Gasteiger partial charge in [-0.3, -0.25) is 0 Å². The first kappa shape index (κ1) is 16.7. The van der Waals surface area contributed by atoms with E-state index in [9.17, 15) is 8.42 Å². The summed E-state index contributed by atoms with van der Waals surface area (Å²) in [6.07, 6.45) is 0. The fraction of sp³-hybridized carbons (Fsp3) is 0.429. The number of benzene rings is 1. The van der Waals surface area contributed by atoms with Gasteiger partial charge in [0.25, 0.3) is 0 Å². The fourth-order valence-electron chi connectivity index (χ4n) is 1.59. The van der Waals surface area contributed by atoms with Crippen LogP contribution in [0.25, 0.3) is 0 Å². The molecule has 0 aliphatic carbocycles. The van der Waals surface area contributed by atoms with Gasteiger partial charge in [-0.2, -0.15) is 0 Å². The molecule has 0 fully saturated rings. The monoisotopic (exact) mass is 296 g/mol. The molecular formula is C14H20N2O3S. The van der Waals surface area contributed by atoms with Crippen LogP contribution >= 0.6 is 0 Å². The summed E-state index contributed by atoms with van der Waals surface area (Å²) in [5.74, 6) is 5.16. The molecule has 0 aliphatic heterocycles. The average molecular weight is 296 g/mol. The van der Waals surface area contributed by atoms with E-state index in [1.165, 1.54) is 6.07 Å². The normalized spacial score (nSPS) is 11.2. The number of sulfonamides is 1. The number of nitrogens with one attached hydrogen (secondary N) is 1. The van der Waals surface area contributed by atoms with Crippen molar-refractivity contribution in [3.8, 4) is 11.8 Å². The number of rotatable bonds is 5. The van der Waals surface area contributed by atoms with E-state index in [2.05, 4.69) is 16.6 Å². The van der Waals surface area contributed by atoms with Crippen LogP contribution in [0.4, 0.5) is 0 Å². The number of hydrogen-bond acceptors (Lipinski definition) is 4. The van der Waals surface area contributed by atoms with E-state index in [-0.39, 0.29) is 11.5 Å². The molecule has 20 heavy (non-hydrogen) atoms. The third-order valence-electron chi connectivity index (χ3n) is 2.58. The van der Waals surface area contributed by atoms with Crippen molar-refractivity contribution in [2.24, 2.45) is 0 Å². The molecule has 2 N–H and O–H groups in total. The lowest BCUT2D eigenvalue weighted by Gasteiger charge is -2.12. The Hall–Kier alpha value is -1.39. The molecule has 0 radical (unpaired) electrons. The van der Waals surface area contributed by atoms with Crippen molar-refractivity contribution in [2.45, 2.75) is 11.8 Å². The largest absolute Gasteiger partial charge is 0.384 e. The van der Waals surface area contributed by atoms with E-state index in [4.69, 9.17) is 5.11 Å². The Kier molecular flexibility index (Phi) is 6.17. The minimum absolute atomic E-state index is 0.141. The van der Waals surface area contributed by atoms with Crippen LogP contribution in [0.15, 0.2) is 23.1 Å². The van der Waals surface area contributed by atoms with Crippen molar-refractivity contribution < 1.29 is 13.5 Å². The summed E-state index contributed by atoms with van der Waals surface area (Å²) in [5.41, 5.74) is 1.32. The highest BCUT2D eigenvalue weighted by atomic mass is 32.2. The molecule has 0 bridgehead atoms. The van der Waals surface area contributed by atoms with Gasteiger partial charge in [0.05, 0.1) is 4.90 Å². The quantitative estimate of drug-likeness (QED) is 0.761. The van der Waals surface area contributed by atoms with E-state index in [0.717, 1.165) is 5.56 Å². The summed E-state index contributed by atoms with van der Waals surface area (Å²) < 4.78 is 27.0. The van der Waals surface area contributed by atoms with Crippen molar-refractivity contribution in [1.29, 1.82) is 0 Å². The molecule has 0 saturated heterocycles.